The van der Waals surface area contributed by atoms with E-state index in [1.165, 1.54) is 10.5 Å². The molecule has 0 bridgehead atoms. The Hall–Kier alpha value is -3.68. The molecule has 0 fully saturated rings. The van der Waals surface area contributed by atoms with Crippen LogP contribution in [-0.4, -0.2) is 26.4 Å². The van der Waals surface area contributed by atoms with Crippen LogP contribution in [0.4, 0.5) is 0 Å². The molecule has 4 heterocycles. The first kappa shape index (κ1) is 20.6. The summed E-state index contributed by atoms with van der Waals surface area (Å²) < 4.78 is 8.49. The number of hydrogen-bond acceptors (Lipinski definition) is 5. The minimum Gasteiger partial charge on any atom is -0.467 e. The minimum absolute atomic E-state index is 0.0123. The van der Waals surface area contributed by atoms with E-state index in [2.05, 4.69) is 12.2 Å². The third-order valence-electron chi connectivity index (χ3n) is 5.34. The van der Waals surface area contributed by atoms with E-state index < -0.39 is 0 Å². The molecule has 0 atom stereocenters. The topological polar surface area (TPSA) is 105 Å². The molecule has 0 aliphatic carbocycles. The van der Waals surface area contributed by atoms with Gasteiger partial charge in [-0.3, -0.25) is 19.4 Å². The van der Waals surface area contributed by atoms with Crippen LogP contribution in [0.5, 0.6) is 0 Å². The minimum atomic E-state index is -0.370. The van der Waals surface area contributed by atoms with Crippen LogP contribution in [0.1, 0.15) is 47.9 Å². The van der Waals surface area contributed by atoms with Crippen LogP contribution >= 0.6 is 0 Å². The number of aromatic nitrogens is 3. The summed E-state index contributed by atoms with van der Waals surface area (Å²) in [4.78, 5) is 30.8. The van der Waals surface area contributed by atoms with Gasteiger partial charge in [0.15, 0.2) is 0 Å². The third kappa shape index (κ3) is 3.88. The number of carbonyl (C=O) groups excluding carboxylic acids is 1. The SMILES string of the molecule is CCCCCNC(=O)c1cc2c(=O)n3cccc(C)c3nc2n(Cc2ccco2)c1=N. The molecule has 0 saturated heterocycles. The number of nitrogens with zero attached hydrogens (tertiary/aromatic N) is 3. The van der Waals surface area contributed by atoms with Crippen molar-refractivity contribution in [2.24, 2.45) is 0 Å². The van der Waals surface area contributed by atoms with Gasteiger partial charge < -0.3 is 14.3 Å². The number of hydrogen-bond donors (Lipinski definition) is 2. The highest BCUT2D eigenvalue weighted by molar-refractivity contribution is 5.96. The van der Waals surface area contributed by atoms with E-state index in [9.17, 15) is 9.59 Å². The molecule has 8 nitrogen and oxygen atoms in total. The first-order chi connectivity index (χ1) is 15.0. The second kappa shape index (κ2) is 8.59. The van der Waals surface area contributed by atoms with E-state index in [-0.39, 0.29) is 34.4 Å². The second-order valence-electron chi connectivity index (χ2n) is 7.57. The lowest BCUT2D eigenvalue weighted by Crippen LogP contribution is -2.35. The second-order valence-corrected chi connectivity index (χ2v) is 7.57. The maximum atomic E-state index is 13.3. The van der Waals surface area contributed by atoms with Crippen LogP contribution < -0.4 is 16.4 Å². The van der Waals surface area contributed by atoms with Crippen LogP contribution in [0.2, 0.25) is 0 Å². The predicted molar refractivity (Wildman–Crippen MR) is 117 cm³/mol. The predicted octanol–water partition coefficient (Wildman–Crippen LogP) is 3.00. The highest BCUT2D eigenvalue weighted by Crippen LogP contribution is 2.14. The molecule has 4 aromatic heterocycles. The Bertz CT molecular complexity index is 1370. The van der Waals surface area contributed by atoms with Gasteiger partial charge in [0.25, 0.3) is 11.5 Å². The van der Waals surface area contributed by atoms with Gasteiger partial charge in [0, 0.05) is 12.7 Å². The summed E-state index contributed by atoms with van der Waals surface area (Å²) in [7, 11) is 0. The quantitative estimate of drug-likeness (QED) is 0.355. The molecule has 0 radical (unpaired) electrons. The van der Waals surface area contributed by atoms with Crippen molar-refractivity contribution in [3.05, 3.63) is 75.5 Å². The highest BCUT2D eigenvalue weighted by Gasteiger charge is 2.18. The standard InChI is InChI=1S/C23H25N5O3/c1-3-4-5-10-25-22(29)17-13-18-21(28(19(17)24)14-16-9-7-12-31-16)26-20-15(2)8-6-11-27(20)23(18)30/h6-9,11-13,24H,3-5,10,14H2,1-2H3,(H,25,29). The van der Waals surface area contributed by atoms with Crippen LogP contribution in [-0.2, 0) is 6.54 Å². The van der Waals surface area contributed by atoms with Crippen molar-refractivity contribution in [3.63, 3.8) is 0 Å². The Morgan fingerprint density at radius 1 is 1.23 bits per heavy atom. The Labute approximate surface area is 178 Å². The molecule has 1 amide bonds. The number of nitrogens with one attached hydrogen (secondary N) is 2. The van der Waals surface area contributed by atoms with Gasteiger partial charge in [-0.2, -0.15) is 0 Å². The van der Waals surface area contributed by atoms with Gasteiger partial charge in [0.05, 0.1) is 23.8 Å². The van der Waals surface area contributed by atoms with Crippen LogP contribution in [0.15, 0.2) is 52.0 Å². The van der Waals surface area contributed by atoms with Crippen molar-refractivity contribution in [2.45, 2.75) is 39.7 Å². The van der Waals surface area contributed by atoms with E-state index in [1.54, 1.807) is 35.2 Å². The number of pyridine rings is 2. The Morgan fingerprint density at radius 3 is 2.81 bits per heavy atom. The number of amides is 1. The summed E-state index contributed by atoms with van der Waals surface area (Å²) in [6.45, 7) is 4.69. The lowest BCUT2D eigenvalue weighted by molar-refractivity contribution is 0.0950. The number of fused-ring (bicyclic) bond motifs is 2. The summed E-state index contributed by atoms with van der Waals surface area (Å²) in [6.07, 6.45) is 6.14. The third-order valence-corrected chi connectivity index (χ3v) is 5.34. The molecule has 0 aliphatic rings. The fourth-order valence-electron chi connectivity index (χ4n) is 3.65. The van der Waals surface area contributed by atoms with Crippen LogP contribution in [0.25, 0.3) is 16.7 Å². The monoisotopic (exact) mass is 419 g/mol. The molecule has 4 rings (SSSR count). The zero-order valence-corrected chi connectivity index (χ0v) is 17.6. The molecule has 2 N–H and O–H groups in total. The van der Waals surface area contributed by atoms with Crippen molar-refractivity contribution >= 4 is 22.6 Å². The van der Waals surface area contributed by atoms with Crippen LogP contribution in [0, 0.1) is 12.3 Å². The average Bonchev–Trinajstić information content (AvgIpc) is 3.27. The molecule has 4 aromatic rings. The fourth-order valence-corrected chi connectivity index (χ4v) is 3.65. The van der Waals surface area contributed by atoms with Gasteiger partial charge in [-0.25, -0.2) is 4.98 Å². The number of aryl methyl sites for hydroxylation is 1. The fraction of sp³-hybridized carbons (Fsp3) is 0.304. The first-order valence-electron chi connectivity index (χ1n) is 10.4. The number of carbonyl (C=O) groups is 1. The summed E-state index contributed by atoms with van der Waals surface area (Å²) in [6, 6.07) is 8.69. The van der Waals surface area contributed by atoms with Gasteiger partial charge >= 0.3 is 0 Å². The maximum absolute atomic E-state index is 13.3. The summed E-state index contributed by atoms with van der Waals surface area (Å²) in [5.74, 6) is 0.233. The average molecular weight is 419 g/mol. The summed E-state index contributed by atoms with van der Waals surface area (Å²) in [5, 5.41) is 11.9. The van der Waals surface area contributed by atoms with Crippen LogP contribution in [0.3, 0.4) is 0 Å². The van der Waals surface area contributed by atoms with Crippen molar-refractivity contribution in [3.8, 4) is 0 Å². The van der Waals surface area contributed by atoms with E-state index in [0.29, 0.717) is 23.6 Å². The number of rotatable bonds is 7. The van der Waals surface area contributed by atoms with Crippen molar-refractivity contribution < 1.29 is 9.21 Å². The van der Waals surface area contributed by atoms with Crippen molar-refractivity contribution in [1.29, 1.82) is 5.41 Å². The highest BCUT2D eigenvalue weighted by atomic mass is 16.3. The van der Waals surface area contributed by atoms with Gasteiger partial charge in [-0.05, 0) is 43.2 Å². The molecular formula is C23H25N5O3. The lowest BCUT2D eigenvalue weighted by atomic mass is 10.1. The molecule has 31 heavy (non-hydrogen) atoms. The lowest BCUT2D eigenvalue weighted by Gasteiger charge is -2.14. The Kier molecular flexibility index (Phi) is 5.70. The van der Waals surface area contributed by atoms with Crippen molar-refractivity contribution in [2.75, 3.05) is 6.54 Å². The van der Waals surface area contributed by atoms with Gasteiger partial charge in [0.1, 0.15) is 22.5 Å². The molecule has 0 aromatic carbocycles. The molecule has 0 spiro atoms. The van der Waals surface area contributed by atoms with Crippen molar-refractivity contribution in [1.82, 2.24) is 19.3 Å². The normalized spacial score (nSPS) is 11.3. The molecule has 0 saturated carbocycles. The smallest absolute Gasteiger partial charge is 0.267 e. The Morgan fingerprint density at radius 2 is 2.06 bits per heavy atom. The zero-order valence-electron chi connectivity index (χ0n) is 17.6. The molecule has 8 heteroatoms. The van der Waals surface area contributed by atoms with Gasteiger partial charge in [-0.15, -0.1) is 0 Å². The maximum Gasteiger partial charge on any atom is 0.267 e. The largest absolute Gasteiger partial charge is 0.467 e. The Balaban J connectivity index is 1.93. The molecule has 0 unspecified atom stereocenters. The summed E-state index contributed by atoms with van der Waals surface area (Å²) >= 11 is 0. The van der Waals surface area contributed by atoms with Gasteiger partial charge in [-0.1, -0.05) is 25.8 Å². The van der Waals surface area contributed by atoms with E-state index in [1.807, 2.05) is 13.0 Å². The molecule has 0 aliphatic heterocycles. The summed E-state index contributed by atoms with van der Waals surface area (Å²) in [5.41, 5.74) is 1.56. The zero-order chi connectivity index (χ0) is 22.0. The van der Waals surface area contributed by atoms with E-state index in [0.717, 1.165) is 24.8 Å². The molecular weight excluding hydrogens is 394 g/mol. The van der Waals surface area contributed by atoms with Gasteiger partial charge in [0.2, 0.25) is 0 Å². The van der Waals surface area contributed by atoms with E-state index >= 15 is 0 Å². The van der Waals surface area contributed by atoms with E-state index in [4.69, 9.17) is 14.8 Å². The first-order valence-corrected chi connectivity index (χ1v) is 10.4. The number of unbranched alkanes of at least 4 members (excludes halogenated alkanes) is 2. The molecule has 160 valence electrons. The number of furan rings is 1.